The molecule has 0 aliphatic carbocycles. The van der Waals surface area contributed by atoms with E-state index < -0.39 is 0 Å². The Bertz CT molecular complexity index is 793. The van der Waals surface area contributed by atoms with E-state index in [-0.39, 0.29) is 0 Å². The van der Waals surface area contributed by atoms with Crippen molar-refractivity contribution in [2.24, 2.45) is 0 Å². The molecule has 0 radical (unpaired) electrons. The molecule has 1 heterocycles. The van der Waals surface area contributed by atoms with Gasteiger partial charge in [-0.3, -0.25) is 0 Å². The number of ether oxygens (including phenoxy) is 1. The summed E-state index contributed by atoms with van der Waals surface area (Å²) in [6.07, 6.45) is 0. The van der Waals surface area contributed by atoms with Crippen LogP contribution in [0.4, 0.5) is 10.8 Å². The predicted octanol–water partition coefficient (Wildman–Crippen LogP) is 5.74. The smallest absolute Gasteiger partial charge is 0.210 e. The van der Waals surface area contributed by atoms with Gasteiger partial charge in [-0.2, -0.15) is 0 Å². The van der Waals surface area contributed by atoms with Crippen LogP contribution in [0, 0.1) is 0 Å². The Morgan fingerprint density at radius 2 is 1.92 bits per heavy atom. The molecule has 7 heteroatoms. The van der Waals surface area contributed by atoms with E-state index in [9.17, 15) is 0 Å². The van der Waals surface area contributed by atoms with Gasteiger partial charge in [0.05, 0.1) is 12.3 Å². The molecule has 0 spiro atoms. The van der Waals surface area contributed by atoms with Gasteiger partial charge in [0.25, 0.3) is 0 Å². The molecule has 3 rings (SSSR count). The van der Waals surface area contributed by atoms with E-state index >= 15 is 0 Å². The quantitative estimate of drug-likeness (QED) is 0.493. The summed E-state index contributed by atoms with van der Waals surface area (Å²) in [5.41, 5.74) is 2.16. The van der Waals surface area contributed by atoms with Gasteiger partial charge in [-0.15, -0.1) is 10.2 Å². The standard InChI is InChI=1S/C17H16BrN3OS2/c1-2-22-15-6-4-3-5-14(15)19-16-20-21-17(24-16)23-11-12-7-9-13(18)10-8-12/h3-10H,2,11H2,1H3,(H,19,20). The highest BCUT2D eigenvalue weighted by atomic mass is 79.9. The highest BCUT2D eigenvalue weighted by Crippen LogP contribution is 2.32. The van der Waals surface area contributed by atoms with Crippen molar-refractivity contribution < 1.29 is 4.74 Å². The van der Waals surface area contributed by atoms with Gasteiger partial charge < -0.3 is 10.1 Å². The minimum absolute atomic E-state index is 0.628. The van der Waals surface area contributed by atoms with Crippen molar-refractivity contribution in [2.45, 2.75) is 17.0 Å². The molecule has 0 bridgehead atoms. The van der Waals surface area contributed by atoms with E-state index in [1.165, 1.54) is 5.56 Å². The minimum atomic E-state index is 0.628. The van der Waals surface area contributed by atoms with Gasteiger partial charge in [-0.1, -0.05) is 63.3 Å². The summed E-state index contributed by atoms with van der Waals surface area (Å²) in [6, 6.07) is 16.1. The highest BCUT2D eigenvalue weighted by molar-refractivity contribution is 9.10. The number of anilines is 2. The first-order chi connectivity index (χ1) is 11.7. The maximum absolute atomic E-state index is 5.62. The minimum Gasteiger partial charge on any atom is -0.492 e. The number of hydrogen-bond acceptors (Lipinski definition) is 6. The molecule has 0 amide bonds. The van der Waals surface area contributed by atoms with E-state index in [2.05, 4.69) is 43.6 Å². The van der Waals surface area contributed by atoms with Crippen molar-refractivity contribution in [1.29, 1.82) is 0 Å². The highest BCUT2D eigenvalue weighted by Gasteiger charge is 2.08. The van der Waals surface area contributed by atoms with E-state index in [0.29, 0.717) is 6.61 Å². The molecule has 4 nitrogen and oxygen atoms in total. The van der Waals surface area contributed by atoms with Crippen LogP contribution in [0.1, 0.15) is 12.5 Å². The van der Waals surface area contributed by atoms with Crippen LogP contribution in [0.15, 0.2) is 57.3 Å². The first kappa shape index (κ1) is 17.3. The van der Waals surface area contributed by atoms with Crippen molar-refractivity contribution >= 4 is 49.8 Å². The molecule has 0 atom stereocenters. The molecule has 1 N–H and O–H groups in total. The van der Waals surface area contributed by atoms with Crippen molar-refractivity contribution in [3.05, 3.63) is 58.6 Å². The first-order valence-electron chi connectivity index (χ1n) is 7.44. The second-order valence-corrected chi connectivity index (χ2v) is 7.96. The lowest BCUT2D eigenvalue weighted by Gasteiger charge is -2.09. The Labute approximate surface area is 157 Å². The molecule has 2 aromatic carbocycles. The lowest BCUT2D eigenvalue weighted by Crippen LogP contribution is -1.97. The third-order valence-corrected chi connectivity index (χ3v) is 5.68. The zero-order valence-electron chi connectivity index (χ0n) is 13.0. The maximum Gasteiger partial charge on any atom is 0.210 e. The lowest BCUT2D eigenvalue weighted by atomic mass is 10.2. The van der Waals surface area contributed by atoms with Crippen LogP contribution >= 0.6 is 39.0 Å². The van der Waals surface area contributed by atoms with E-state index in [0.717, 1.165) is 31.1 Å². The van der Waals surface area contributed by atoms with E-state index in [1.807, 2.05) is 43.3 Å². The molecule has 0 aliphatic heterocycles. The molecule has 24 heavy (non-hydrogen) atoms. The number of thioether (sulfide) groups is 1. The summed E-state index contributed by atoms with van der Waals surface area (Å²) < 4.78 is 7.64. The van der Waals surface area contributed by atoms with Crippen LogP contribution in [0.3, 0.4) is 0 Å². The Morgan fingerprint density at radius 1 is 1.12 bits per heavy atom. The molecule has 0 unspecified atom stereocenters. The van der Waals surface area contributed by atoms with Crippen LogP contribution in [0.5, 0.6) is 5.75 Å². The van der Waals surface area contributed by atoms with E-state index in [4.69, 9.17) is 4.74 Å². The molecular weight excluding hydrogens is 406 g/mol. The zero-order valence-corrected chi connectivity index (χ0v) is 16.2. The second-order valence-electron chi connectivity index (χ2n) is 4.84. The first-order valence-corrected chi connectivity index (χ1v) is 10.0. The topological polar surface area (TPSA) is 47.0 Å². The fourth-order valence-electron chi connectivity index (χ4n) is 2.01. The van der Waals surface area contributed by atoms with Crippen LogP contribution in [0.25, 0.3) is 0 Å². The van der Waals surface area contributed by atoms with Crippen LogP contribution < -0.4 is 10.1 Å². The number of para-hydroxylation sites is 2. The number of nitrogens with one attached hydrogen (secondary N) is 1. The number of aromatic nitrogens is 2. The normalized spacial score (nSPS) is 10.6. The summed E-state index contributed by atoms with van der Waals surface area (Å²) in [7, 11) is 0. The van der Waals surface area contributed by atoms with Gasteiger partial charge in [0, 0.05) is 10.2 Å². The van der Waals surface area contributed by atoms with Crippen molar-refractivity contribution in [2.75, 3.05) is 11.9 Å². The van der Waals surface area contributed by atoms with Crippen LogP contribution in [-0.4, -0.2) is 16.8 Å². The number of hydrogen-bond donors (Lipinski definition) is 1. The van der Waals surface area contributed by atoms with Crippen LogP contribution in [-0.2, 0) is 5.75 Å². The average molecular weight is 422 g/mol. The number of benzene rings is 2. The SMILES string of the molecule is CCOc1ccccc1Nc1nnc(SCc2ccc(Br)cc2)s1. The van der Waals surface area contributed by atoms with Crippen molar-refractivity contribution in [3.8, 4) is 5.75 Å². The third-order valence-electron chi connectivity index (χ3n) is 3.11. The maximum atomic E-state index is 5.62. The summed E-state index contributed by atoms with van der Waals surface area (Å²) in [4.78, 5) is 0. The molecule has 0 saturated carbocycles. The molecule has 124 valence electrons. The van der Waals surface area contributed by atoms with Gasteiger partial charge in [0.2, 0.25) is 5.13 Å². The number of rotatable bonds is 7. The number of halogens is 1. The monoisotopic (exact) mass is 421 g/mol. The van der Waals surface area contributed by atoms with Gasteiger partial charge >= 0.3 is 0 Å². The van der Waals surface area contributed by atoms with Gasteiger partial charge in [0.1, 0.15) is 5.75 Å². The van der Waals surface area contributed by atoms with Crippen molar-refractivity contribution in [3.63, 3.8) is 0 Å². The summed E-state index contributed by atoms with van der Waals surface area (Å²) in [5.74, 6) is 1.69. The van der Waals surface area contributed by atoms with Gasteiger partial charge in [-0.25, -0.2) is 0 Å². The Morgan fingerprint density at radius 3 is 2.71 bits per heavy atom. The van der Waals surface area contributed by atoms with Gasteiger partial charge in [-0.05, 0) is 36.8 Å². The lowest BCUT2D eigenvalue weighted by molar-refractivity contribution is 0.342. The molecular formula is C17H16BrN3OS2. The molecule has 0 fully saturated rings. The second kappa shape index (κ2) is 8.50. The van der Waals surface area contributed by atoms with Crippen molar-refractivity contribution in [1.82, 2.24) is 10.2 Å². The largest absolute Gasteiger partial charge is 0.492 e. The average Bonchev–Trinajstić information content (AvgIpc) is 3.04. The fraction of sp³-hybridized carbons (Fsp3) is 0.176. The third kappa shape index (κ3) is 4.72. The Hall–Kier alpha value is -1.57. The zero-order chi connectivity index (χ0) is 16.8. The van der Waals surface area contributed by atoms with Crippen LogP contribution in [0.2, 0.25) is 0 Å². The summed E-state index contributed by atoms with van der Waals surface area (Å²) in [6.45, 7) is 2.60. The molecule has 0 aliphatic rings. The molecule has 1 aromatic heterocycles. The molecule has 3 aromatic rings. The Balaban J connectivity index is 1.62. The fourth-order valence-corrected chi connectivity index (χ4v) is 4.00. The Kier molecular flexibility index (Phi) is 6.12. The predicted molar refractivity (Wildman–Crippen MR) is 105 cm³/mol. The summed E-state index contributed by atoms with van der Waals surface area (Å²) in [5, 5.41) is 12.5. The summed E-state index contributed by atoms with van der Waals surface area (Å²) >= 11 is 6.67. The molecule has 0 saturated heterocycles. The van der Waals surface area contributed by atoms with E-state index in [1.54, 1.807) is 23.1 Å². The number of nitrogens with zero attached hydrogens (tertiary/aromatic N) is 2. The van der Waals surface area contributed by atoms with Gasteiger partial charge in [0.15, 0.2) is 4.34 Å².